The number of nitrogens with one attached hydrogen (secondary N) is 2. The molecule has 0 heterocycles. The Morgan fingerprint density at radius 3 is 2.33 bits per heavy atom. The highest BCUT2D eigenvalue weighted by molar-refractivity contribution is 7.98. The van der Waals surface area contributed by atoms with E-state index >= 15 is 0 Å². The first-order valence-electron chi connectivity index (χ1n) is 13.4. The van der Waals surface area contributed by atoms with Gasteiger partial charge in [-0.2, -0.15) is 11.8 Å². The lowest BCUT2D eigenvalue weighted by Crippen LogP contribution is -2.52. The number of hydrogen-bond acceptors (Lipinski definition) is 5. The zero-order valence-corrected chi connectivity index (χ0v) is 25.5. The van der Waals surface area contributed by atoms with Gasteiger partial charge in [0.2, 0.25) is 5.91 Å². The number of carbonyl (C=O) groups excluding carboxylic acids is 3. The first-order chi connectivity index (χ1) is 18.5. The number of halogens is 1. The fourth-order valence-electron chi connectivity index (χ4n) is 4.13. The number of rotatable bonds is 13. The molecule has 0 saturated carbocycles. The van der Waals surface area contributed by atoms with Crippen LogP contribution >= 0.6 is 23.4 Å². The van der Waals surface area contributed by atoms with Crippen LogP contribution in [0.4, 0.5) is 10.5 Å². The van der Waals surface area contributed by atoms with E-state index in [0.29, 0.717) is 41.4 Å². The molecule has 2 aromatic rings. The first kappa shape index (κ1) is 32.5. The minimum Gasteiger partial charge on any atom is -0.444 e. The second kappa shape index (κ2) is 15.8. The number of carbonyl (C=O) groups is 3. The quantitative estimate of drug-likeness (QED) is 0.251. The third-order valence-electron chi connectivity index (χ3n) is 6.03. The molecule has 0 fully saturated rings. The molecule has 2 atom stereocenters. The molecule has 2 rings (SSSR count). The van der Waals surface area contributed by atoms with Crippen molar-refractivity contribution < 1.29 is 19.1 Å². The van der Waals surface area contributed by atoms with Crippen LogP contribution in [0.3, 0.4) is 0 Å². The molecule has 0 saturated heterocycles. The number of thioether (sulfide) groups is 1. The number of ether oxygens (including phenoxy) is 1. The monoisotopic (exact) mass is 575 g/mol. The molecule has 214 valence electrons. The summed E-state index contributed by atoms with van der Waals surface area (Å²) < 4.78 is 5.45. The lowest BCUT2D eigenvalue weighted by atomic mass is 10.0. The Bertz CT molecular complexity index is 1070. The van der Waals surface area contributed by atoms with Crippen LogP contribution < -0.4 is 10.6 Å². The molecule has 0 spiro atoms. The molecule has 7 nitrogen and oxygen atoms in total. The molecule has 0 radical (unpaired) electrons. The molecule has 0 aliphatic carbocycles. The third kappa shape index (κ3) is 10.4. The van der Waals surface area contributed by atoms with E-state index in [-0.39, 0.29) is 11.8 Å². The fraction of sp³-hybridized carbons (Fsp3) is 0.500. The van der Waals surface area contributed by atoms with Gasteiger partial charge in [-0.15, -0.1) is 0 Å². The van der Waals surface area contributed by atoms with Gasteiger partial charge in [-0.25, -0.2) is 4.79 Å². The number of alkyl carbamates (subject to hydrolysis) is 1. The maximum Gasteiger partial charge on any atom is 0.408 e. The highest BCUT2D eigenvalue weighted by atomic mass is 35.5. The Morgan fingerprint density at radius 1 is 1.05 bits per heavy atom. The minimum atomic E-state index is -0.927. The van der Waals surface area contributed by atoms with E-state index in [2.05, 4.69) is 17.6 Å². The second-order valence-corrected chi connectivity index (χ2v) is 11.8. The second-order valence-electron chi connectivity index (χ2n) is 10.5. The van der Waals surface area contributed by atoms with Gasteiger partial charge in [-0.05, 0) is 69.7 Å². The van der Waals surface area contributed by atoms with E-state index in [4.69, 9.17) is 16.3 Å². The zero-order valence-electron chi connectivity index (χ0n) is 23.9. The van der Waals surface area contributed by atoms with Crippen molar-refractivity contribution in [2.24, 2.45) is 0 Å². The number of amides is 3. The molecule has 2 unspecified atom stereocenters. The zero-order chi connectivity index (χ0) is 29.0. The van der Waals surface area contributed by atoms with E-state index in [1.165, 1.54) is 0 Å². The maximum absolute atomic E-state index is 14.2. The van der Waals surface area contributed by atoms with Crippen molar-refractivity contribution in [1.82, 2.24) is 10.2 Å². The van der Waals surface area contributed by atoms with Crippen molar-refractivity contribution in [2.75, 3.05) is 23.9 Å². The Morgan fingerprint density at radius 2 is 1.74 bits per heavy atom. The van der Waals surface area contributed by atoms with Crippen LogP contribution in [-0.2, 0) is 14.3 Å². The van der Waals surface area contributed by atoms with Gasteiger partial charge in [0, 0.05) is 6.54 Å². The van der Waals surface area contributed by atoms with Gasteiger partial charge in [0.25, 0.3) is 5.91 Å². The van der Waals surface area contributed by atoms with Crippen LogP contribution in [0.15, 0.2) is 48.5 Å². The predicted octanol–water partition coefficient (Wildman–Crippen LogP) is 6.99. The molecule has 39 heavy (non-hydrogen) atoms. The van der Waals surface area contributed by atoms with Crippen LogP contribution in [0.5, 0.6) is 0 Å². The number of unbranched alkanes of at least 4 members (excludes halogenated alkanes) is 2. The van der Waals surface area contributed by atoms with Crippen LogP contribution in [0.25, 0.3) is 0 Å². The van der Waals surface area contributed by atoms with Gasteiger partial charge in [0.1, 0.15) is 17.7 Å². The summed E-state index contributed by atoms with van der Waals surface area (Å²) in [6.07, 6.45) is 4.24. The highest BCUT2D eigenvalue weighted by Gasteiger charge is 2.36. The van der Waals surface area contributed by atoms with E-state index in [9.17, 15) is 14.4 Å². The van der Waals surface area contributed by atoms with Gasteiger partial charge in [0.05, 0.1) is 10.7 Å². The lowest BCUT2D eigenvalue weighted by Gasteiger charge is -2.34. The van der Waals surface area contributed by atoms with Gasteiger partial charge in [-0.1, -0.05) is 73.8 Å². The van der Waals surface area contributed by atoms with Gasteiger partial charge >= 0.3 is 6.09 Å². The number of para-hydroxylation sites is 1. The normalized spacial score (nSPS) is 12.8. The van der Waals surface area contributed by atoms with Gasteiger partial charge in [-0.3, -0.25) is 9.59 Å². The Kier molecular flexibility index (Phi) is 13.1. The Balaban J connectivity index is 2.51. The third-order valence-corrected chi connectivity index (χ3v) is 6.99. The summed E-state index contributed by atoms with van der Waals surface area (Å²) in [4.78, 5) is 42.5. The van der Waals surface area contributed by atoms with Crippen molar-refractivity contribution in [2.45, 2.75) is 78.0 Å². The SMILES string of the molecule is CCCCCN(C(=O)C(CCSC)NC(=O)OC(C)(C)C)C(C(=O)Nc1c(C)cccc1Cl)c1ccccc1. The molecule has 9 heteroatoms. The smallest absolute Gasteiger partial charge is 0.408 e. The van der Waals surface area contributed by atoms with Gasteiger partial charge in [0.15, 0.2) is 0 Å². The molecule has 0 aliphatic heterocycles. The van der Waals surface area contributed by atoms with E-state index in [1.54, 1.807) is 43.5 Å². The standard InChI is InChI=1S/C30H42ClN3O4S/c1-7-8-12-19-34(28(36)24(18-20-39-6)32-29(37)38-30(3,4)5)26(22-15-10-9-11-16-22)27(35)33-25-21(2)14-13-17-23(25)31/h9-11,13-17,24,26H,7-8,12,18-20H2,1-6H3,(H,32,37)(H,33,35). The highest BCUT2D eigenvalue weighted by Crippen LogP contribution is 2.30. The number of hydrogen-bond donors (Lipinski definition) is 2. The summed E-state index contributed by atoms with van der Waals surface area (Å²) in [5.74, 6) is -0.0511. The van der Waals surface area contributed by atoms with Crippen LogP contribution in [-0.4, -0.2) is 53.0 Å². The van der Waals surface area contributed by atoms with Crippen LogP contribution in [0, 0.1) is 6.92 Å². The summed E-state index contributed by atoms with van der Waals surface area (Å²) in [6.45, 7) is 9.62. The molecular weight excluding hydrogens is 534 g/mol. The topological polar surface area (TPSA) is 87.7 Å². The van der Waals surface area contributed by atoms with Crippen molar-refractivity contribution >= 4 is 47.0 Å². The molecule has 2 N–H and O–H groups in total. The van der Waals surface area contributed by atoms with Crippen molar-refractivity contribution in [3.8, 4) is 0 Å². The summed E-state index contributed by atoms with van der Waals surface area (Å²) in [6, 6.07) is 12.8. The number of benzene rings is 2. The molecule has 2 aromatic carbocycles. The Hall–Kier alpha value is -2.71. The minimum absolute atomic E-state index is 0.328. The number of aryl methyl sites for hydroxylation is 1. The predicted molar refractivity (Wildman–Crippen MR) is 161 cm³/mol. The van der Waals surface area contributed by atoms with Crippen LogP contribution in [0.1, 0.15) is 70.5 Å². The summed E-state index contributed by atoms with van der Waals surface area (Å²) >= 11 is 8.01. The summed E-state index contributed by atoms with van der Waals surface area (Å²) in [5.41, 5.74) is 1.29. The van der Waals surface area contributed by atoms with Crippen molar-refractivity contribution in [3.63, 3.8) is 0 Å². The van der Waals surface area contributed by atoms with Crippen molar-refractivity contribution in [1.29, 1.82) is 0 Å². The van der Waals surface area contributed by atoms with Gasteiger partial charge < -0.3 is 20.3 Å². The molecule has 0 aliphatic rings. The summed E-state index contributed by atoms with van der Waals surface area (Å²) in [7, 11) is 0. The van der Waals surface area contributed by atoms with E-state index in [1.807, 2.05) is 55.6 Å². The number of anilines is 1. The van der Waals surface area contributed by atoms with E-state index < -0.39 is 23.8 Å². The van der Waals surface area contributed by atoms with Crippen molar-refractivity contribution in [3.05, 3.63) is 64.7 Å². The average Bonchev–Trinajstić information content (AvgIpc) is 2.87. The Labute approximate surface area is 242 Å². The largest absolute Gasteiger partial charge is 0.444 e. The first-order valence-corrected chi connectivity index (χ1v) is 15.2. The molecule has 0 aromatic heterocycles. The molecule has 3 amide bonds. The average molecular weight is 576 g/mol. The fourth-order valence-corrected chi connectivity index (χ4v) is 4.87. The summed E-state index contributed by atoms with van der Waals surface area (Å²) in [5, 5.41) is 6.17. The molecule has 0 bridgehead atoms. The van der Waals surface area contributed by atoms with Crippen LogP contribution in [0.2, 0.25) is 5.02 Å². The lowest BCUT2D eigenvalue weighted by molar-refractivity contribution is -0.141. The van der Waals surface area contributed by atoms with E-state index in [0.717, 1.165) is 18.4 Å². The molecular formula is C30H42ClN3O4S. The number of nitrogens with zero attached hydrogens (tertiary/aromatic N) is 1. The maximum atomic E-state index is 14.2.